The largest absolute Gasteiger partial charge is 0.0918 e. The lowest BCUT2D eigenvalue weighted by molar-refractivity contribution is 0.551. The molecule has 0 fully saturated rings. The second-order valence-electron chi connectivity index (χ2n) is 5.22. The molecule has 0 atom stereocenters. The van der Waals surface area contributed by atoms with Gasteiger partial charge < -0.3 is 0 Å². The quantitative estimate of drug-likeness (QED) is 0.531. The van der Waals surface area contributed by atoms with Crippen LogP contribution < -0.4 is 0 Å². The van der Waals surface area contributed by atoms with Crippen LogP contribution in [0.25, 0.3) is 0 Å². The Balaban J connectivity index is 2.36. The first-order chi connectivity index (χ1) is 9.59. The summed E-state index contributed by atoms with van der Waals surface area (Å²) in [4.78, 5) is 0. The second-order valence-corrected chi connectivity index (χ2v) is 6.78. The van der Waals surface area contributed by atoms with Crippen LogP contribution in [-0.2, 0) is 11.8 Å². The van der Waals surface area contributed by atoms with E-state index in [4.69, 9.17) is 11.6 Å². The van der Waals surface area contributed by atoms with Gasteiger partial charge in [0.25, 0.3) is 0 Å². The van der Waals surface area contributed by atoms with Crippen LogP contribution in [0.15, 0.2) is 48.5 Å². The van der Waals surface area contributed by atoms with E-state index in [9.17, 15) is 0 Å². The predicted molar refractivity (Wildman–Crippen MR) is 95.6 cm³/mol. The van der Waals surface area contributed by atoms with E-state index in [-0.39, 0.29) is 5.41 Å². The first-order valence-electron chi connectivity index (χ1n) is 6.53. The van der Waals surface area contributed by atoms with E-state index in [2.05, 4.69) is 75.2 Å². The number of hydrogen-bond donors (Lipinski definition) is 0. The number of aryl methyl sites for hydroxylation is 1. The van der Waals surface area contributed by atoms with Crippen LogP contribution in [0.1, 0.15) is 16.7 Å². The molecule has 0 heterocycles. The average molecular weight is 417 g/mol. The van der Waals surface area contributed by atoms with Gasteiger partial charge in [-0.2, -0.15) is 0 Å². The molecule has 106 valence electrons. The third-order valence-electron chi connectivity index (χ3n) is 3.59. The van der Waals surface area contributed by atoms with E-state index in [0.717, 1.165) is 22.1 Å². The molecule has 3 heteroatoms. The summed E-state index contributed by atoms with van der Waals surface area (Å²) in [5.74, 6) is 0. The molecule has 20 heavy (non-hydrogen) atoms. The van der Waals surface area contributed by atoms with Gasteiger partial charge in [0.2, 0.25) is 0 Å². The van der Waals surface area contributed by atoms with Gasteiger partial charge in [-0.1, -0.05) is 85.4 Å². The molecule has 0 aliphatic carbocycles. The highest BCUT2D eigenvalue weighted by Crippen LogP contribution is 2.33. The molecule has 2 aromatic carbocycles. The van der Waals surface area contributed by atoms with Crippen molar-refractivity contribution in [3.8, 4) is 0 Å². The zero-order valence-electron chi connectivity index (χ0n) is 11.4. The summed E-state index contributed by atoms with van der Waals surface area (Å²) in [6, 6.07) is 16.9. The second kappa shape index (κ2) is 7.11. The minimum atomic E-state index is 0.0401. The highest BCUT2D eigenvalue weighted by Gasteiger charge is 2.30. The van der Waals surface area contributed by atoms with E-state index in [1.54, 1.807) is 0 Å². The minimum absolute atomic E-state index is 0.0401. The zero-order valence-corrected chi connectivity index (χ0v) is 15.3. The molecule has 2 aromatic rings. The van der Waals surface area contributed by atoms with Crippen LogP contribution in [0.4, 0.5) is 0 Å². The van der Waals surface area contributed by atoms with Crippen molar-refractivity contribution < 1.29 is 0 Å². The predicted octanol–water partition coefficient (Wildman–Crippen LogP) is 5.92. The van der Waals surface area contributed by atoms with Gasteiger partial charge in [-0.3, -0.25) is 0 Å². The topological polar surface area (TPSA) is 0 Å². The van der Waals surface area contributed by atoms with Crippen LogP contribution >= 0.6 is 43.5 Å². The van der Waals surface area contributed by atoms with Gasteiger partial charge in [-0.15, -0.1) is 0 Å². The number of alkyl halides is 2. The molecule has 0 aliphatic heterocycles. The van der Waals surface area contributed by atoms with Crippen molar-refractivity contribution in [2.24, 2.45) is 0 Å². The maximum atomic E-state index is 6.01. The third kappa shape index (κ3) is 3.66. The van der Waals surface area contributed by atoms with Crippen LogP contribution in [0.5, 0.6) is 0 Å². The zero-order chi connectivity index (χ0) is 14.6. The van der Waals surface area contributed by atoms with Gasteiger partial charge in [0.15, 0.2) is 0 Å². The summed E-state index contributed by atoms with van der Waals surface area (Å²) < 4.78 is 0. The Morgan fingerprint density at radius 1 is 1.00 bits per heavy atom. The van der Waals surface area contributed by atoms with E-state index < -0.39 is 0 Å². The molecule has 0 radical (unpaired) electrons. The Kier molecular flexibility index (Phi) is 5.71. The molecular weight excluding hydrogens is 399 g/mol. The van der Waals surface area contributed by atoms with Crippen LogP contribution in [0.2, 0.25) is 5.02 Å². The Hall–Kier alpha value is -0.310. The molecule has 0 amide bonds. The molecular formula is C17H17Br2Cl. The van der Waals surface area contributed by atoms with Crippen molar-refractivity contribution in [2.45, 2.75) is 18.8 Å². The molecule has 0 bridgehead atoms. The number of hydrogen-bond acceptors (Lipinski definition) is 0. The lowest BCUT2D eigenvalue weighted by Crippen LogP contribution is -2.33. The first-order valence-corrected chi connectivity index (χ1v) is 9.15. The fraction of sp³-hybridized carbons (Fsp3) is 0.294. The van der Waals surface area contributed by atoms with Crippen molar-refractivity contribution in [1.82, 2.24) is 0 Å². The van der Waals surface area contributed by atoms with E-state index >= 15 is 0 Å². The molecule has 0 nitrogen and oxygen atoms in total. The van der Waals surface area contributed by atoms with E-state index in [1.165, 1.54) is 16.7 Å². The van der Waals surface area contributed by atoms with Crippen molar-refractivity contribution in [2.75, 3.05) is 10.7 Å². The summed E-state index contributed by atoms with van der Waals surface area (Å²) in [5.41, 5.74) is 4.01. The van der Waals surface area contributed by atoms with Crippen LogP contribution in [-0.4, -0.2) is 10.7 Å². The van der Waals surface area contributed by atoms with Crippen LogP contribution in [0, 0.1) is 6.92 Å². The molecule has 0 unspecified atom stereocenters. The Bertz CT molecular complexity index is 559. The van der Waals surface area contributed by atoms with Gasteiger partial charge in [-0.25, -0.2) is 0 Å². The highest BCUT2D eigenvalue weighted by molar-refractivity contribution is 9.09. The first kappa shape index (κ1) is 16.1. The number of halogens is 3. The van der Waals surface area contributed by atoms with Crippen LogP contribution in [0.3, 0.4) is 0 Å². The van der Waals surface area contributed by atoms with Gasteiger partial charge in [0.05, 0.1) is 0 Å². The lowest BCUT2D eigenvalue weighted by atomic mass is 9.79. The maximum Gasteiger partial charge on any atom is 0.0406 e. The van der Waals surface area contributed by atoms with Crippen molar-refractivity contribution in [3.63, 3.8) is 0 Å². The fourth-order valence-corrected chi connectivity index (χ4v) is 4.50. The van der Waals surface area contributed by atoms with Crippen molar-refractivity contribution >= 4 is 43.5 Å². The van der Waals surface area contributed by atoms with Gasteiger partial charge in [-0.05, 0) is 36.6 Å². The molecule has 0 saturated carbocycles. The standard InChI is InChI=1S/C17H17Br2Cl/c1-13-3-2-4-14(9-13)10-17(11-18,12-19)15-5-7-16(20)8-6-15/h2-9H,10-12H2,1H3. The Labute approximate surface area is 142 Å². The summed E-state index contributed by atoms with van der Waals surface area (Å²) in [5, 5.41) is 2.59. The van der Waals surface area contributed by atoms with Crippen molar-refractivity contribution in [3.05, 3.63) is 70.2 Å². The lowest BCUT2D eigenvalue weighted by Gasteiger charge is -2.31. The Morgan fingerprint density at radius 3 is 2.20 bits per heavy atom. The highest BCUT2D eigenvalue weighted by atomic mass is 79.9. The molecule has 0 aliphatic rings. The summed E-state index contributed by atoms with van der Waals surface area (Å²) in [7, 11) is 0. The van der Waals surface area contributed by atoms with Gasteiger partial charge >= 0.3 is 0 Å². The van der Waals surface area contributed by atoms with Crippen molar-refractivity contribution in [1.29, 1.82) is 0 Å². The monoisotopic (exact) mass is 414 g/mol. The summed E-state index contributed by atoms with van der Waals surface area (Å²) in [6.45, 7) is 2.13. The minimum Gasteiger partial charge on any atom is -0.0918 e. The third-order valence-corrected chi connectivity index (χ3v) is 5.99. The SMILES string of the molecule is Cc1cccc(CC(CBr)(CBr)c2ccc(Cl)cc2)c1. The van der Waals surface area contributed by atoms with Gasteiger partial charge in [0.1, 0.15) is 0 Å². The normalized spacial score (nSPS) is 11.6. The average Bonchev–Trinajstić information content (AvgIpc) is 2.46. The smallest absolute Gasteiger partial charge is 0.0406 e. The number of rotatable bonds is 5. The fourth-order valence-electron chi connectivity index (χ4n) is 2.40. The summed E-state index contributed by atoms with van der Waals surface area (Å²) in [6.07, 6.45) is 0.993. The number of benzene rings is 2. The molecule has 0 aromatic heterocycles. The summed E-state index contributed by atoms with van der Waals surface area (Å²) >= 11 is 13.4. The maximum absolute atomic E-state index is 6.01. The van der Waals surface area contributed by atoms with Gasteiger partial charge in [0, 0.05) is 21.1 Å². The van der Waals surface area contributed by atoms with E-state index in [0.29, 0.717) is 0 Å². The molecule has 0 spiro atoms. The molecule has 2 rings (SSSR count). The molecule has 0 N–H and O–H groups in total. The Morgan fingerprint density at radius 2 is 1.65 bits per heavy atom. The molecule has 0 saturated heterocycles. The van der Waals surface area contributed by atoms with E-state index in [1.807, 2.05) is 12.1 Å².